The van der Waals surface area contributed by atoms with Gasteiger partial charge in [-0.25, -0.2) is 4.79 Å². The van der Waals surface area contributed by atoms with Crippen molar-refractivity contribution in [3.63, 3.8) is 0 Å². The van der Waals surface area contributed by atoms with Crippen molar-refractivity contribution in [1.82, 2.24) is 15.5 Å². The van der Waals surface area contributed by atoms with Crippen molar-refractivity contribution in [3.05, 3.63) is 35.4 Å². The maximum atomic E-state index is 12.0. The summed E-state index contributed by atoms with van der Waals surface area (Å²) < 4.78 is 5.42. The largest absolute Gasteiger partial charge is 0.465 e. The first-order chi connectivity index (χ1) is 12.6. The van der Waals surface area contributed by atoms with E-state index in [9.17, 15) is 9.59 Å². The third-order valence-corrected chi connectivity index (χ3v) is 5.42. The van der Waals surface area contributed by atoms with Crippen LogP contribution < -0.4 is 10.6 Å². The number of ether oxygens (including phenoxy) is 1. The molecule has 0 bridgehead atoms. The molecule has 0 fully saturated rings. The van der Waals surface area contributed by atoms with Gasteiger partial charge in [0.05, 0.1) is 18.4 Å². The zero-order valence-corrected chi connectivity index (χ0v) is 16.4. The molecule has 0 unspecified atom stereocenters. The number of nitrogens with one attached hydrogen (secondary N) is 2. The Morgan fingerprint density at radius 3 is 2.69 bits per heavy atom. The lowest BCUT2D eigenvalue weighted by Crippen LogP contribution is -2.24. The van der Waals surface area contributed by atoms with Gasteiger partial charge in [-0.05, 0) is 24.1 Å². The second-order valence-electron chi connectivity index (χ2n) is 5.41. The van der Waals surface area contributed by atoms with E-state index in [1.54, 1.807) is 24.3 Å². The highest BCUT2D eigenvalue weighted by atomic mass is 32.2. The lowest BCUT2D eigenvalue weighted by molar-refractivity contribution is -0.118. The summed E-state index contributed by atoms with van der Waals surface area (Å²) in [6.07, 6.45) is 2.21. The molecule has 0 radical (unpaired) electrons. The third kappa shape index (κ3) is 6.64. The number of anilines is 1. The Balaban J connectivity index is 1.71. The van der Waals surface area contributed by atoms with E-state index in [0.717, 1.165) is 34.4 Å². The van der Waals surface area contributed by atoms with Crippen molar-refractivity contribution in [2.45, 2.75) is 30.6 Å². The Kier molecular flexibility index (Phi) is 8.36. The van der Waals surface area contributed by atoms with E-state index in [-0.39, 0.29) is 17.6 Å². The number of benzene rings is 1. The molecule has 7 nitrogen and oxygen atoms in total. The van der Waals surface area contributed by atoms with Gasteiger partial charge in [-0.2, -0.15) is 0 Å². The molecule has 0 saturated carbocycles. The number of carbonyl (C=O) groups excluding carboxylic acids is 2. The molecule has 1 heterocycles. The SMILES string of the molecule is CCCCNc1nnc(SCC(=O)NCc2ccc(C(=O)OC)cc2)s1. The molecule has 0 aliphatic carbocycles. The average Bonchev–Trinajstić information content (AvgIpc) is 3.12. The molecule has 0 aliphatic rings. The molecule has 1 amide bonds. The van der Waals surface area contributed by atoms with Crippen LogP contribution in [0, 0.1) is 0 Å². The molecule has 140 valence electrons. The van der Waals surface area contributed by atoms with Crippen molar-refractivity contribution in [2.24, 2.45) is 0 Å². The summed E-state index contributed by atoms with van der Waals surface area (Å²) in [6, 6.07) is 6.93. The lowest BCUT2D eigenvalue weighted by atomic mass is 10.1. The van der Waals surface area contributed by atoms with Crippen LogP contribution in [0.2, 0.25) is 0 Å². The number of methoxy groups -OCH3 is 1. The van der Waals surface area contributed by atoms with Gasteiger partial charge in [-0.1, -0.05) is 48.6 Å². The van der Waals surface area contributed by atoms with Crippen LogP contribution >= 0.6 is 23.1 Å². The van der Waals surface area contributed by atoms with Gasteiger partial charge >= 0.3 is 5.97 Å². The van der Waals surface area contributed by atoms with Crippen LogP contribution in [0.5, 0.6) is 0 Å². The number of hydrogen-bond acceptors (Lipinski definition) is 8. The first-order valence-corrected chi connectivity index (χ1v) is 10.1. The van der Waals surface area contributed by atoms with Crippen molar-refractivity contribution in [2.75, 3.05) is 24.7 Å². The molecule has 0 atom stereocenters. The van der Waals surface area contributed by atoms with E-state index < -0.39 is 0 Å². The van der Waals surface area contributed by atoms with Crippen LogP contribution in [-0.2, 0) is 16.1 Å². The normalized spacial score (nSPS) is 10.4. The molecular weight excluding hydrogens is 372 g/mol. The molecule has 2 aromatic rings. The summed E-state index contributed by atoms with van der Waals surface area (Å²) in [6.45, 7) is 3.42. The summed E-state index contributed by atoms with van der Waals surface area (Å²) in [5.41, 5.74) is 1.40. The minimum absolute atomic E-state index is 0.0808. The fourth-order valence-electron chi connectivity index (χ4n) is 1.97. The van der Waals surface area contributed by atoms with E-state index in [2.05, 4.69) is 32.5 Å². The van der Waals surface area contributed by atoms with E-state index in [1.165, 1.54) is 30.2 Å². The molecule has 0 saturated heterocycles. The number of hydrogen-bond donors (Lipinski definition) is 2. The van der Waals surface area contributed by atoms with Crippen molar-refractivity contribution in [1.29, 1.82) is 0 Å². The van der Waals surface area contributed by atoms with Crippen LogP contribution in [0.3, 0.4) is 0 Å². The average molecular weight is 395 g/mol. The van der Waals surface area contributed by atoms with Gasteiger partial charge in [0.25, 0.3) is 0 Å². The van der Waals surface area contributed by atoms with E-state index in [1.807, 2.05) is 0 Å². The fourth-order valence-corrected chi connectivity index (χ4v) is 3.57. The van der Waals surface area contributed by atoms with Gasteiger partial charge in [0.2, 0.25) is 11.0 Å². The summed E-state index contributed by atoms with van der Waals surface area (Å²) >= 11 is 2.82. The number of amides is 1. The summed E-state index contributed by atoms with van der Waals surface area (Å²) in [5, 5.41) is 15.0. The molecule has 2 N–H and O–H groups in total. The number of unbranched alkanes of at least 4 members (excludes halogenated alkanes) is 1. The molecule has 2 rings (SSSR count). The summed E-state index contributed by atoms with van der Waals surface area (Å²) in [5.74, 6) is -0.176. The van der Waals surface area contributed by atoms with Crippen LogP contribution in [0.1, 0.15) is 35.7 Å². The molecule has 0 spiro atoms. The van der Waals surface area contributed by atoms with Crippen molar-refractivity contribution in [3.8, 4) is 0 Å². The van der Waals surface area contributed by atoms with Crippen LogP contribution in [0.4, 0.5) is 5.13 Å². The zero-order chi connectivity index (χ0) is 18.8. The zero-order valence-electron chi connectivity index (χ0n) is 14.8. The highest BCUT2D eigenvalue weighted by molar-refractivity contribution is 8.01. The number of carbonyl (C=O) groups is 2. The van der Waals surface area contributed by atoms with Gasteiger partial charge in [-0.15, -0.1) is 10.2 Å². The summed E-state index contributed by atoms with van der Waals surface area (Å²) in [4.78, 5) is 23.3. The standard InChI is InChI=1S/C17H22N4O3S2/c1-3-4-9-18-16-20-21-17(26-16)25-11-14(22)19-10-12-5-7-13(8-6-12)15(23)24-2/h5-8H,3-4,9-11H2,1-2H3,(H,18,20)(H,19,22). The van der Waals surface area contributed by atoms with Gasteiger partial charge in [-0.3, -0.25) is 4.79 Å². The Morgan fingerprint density at radius 1 is 1.23 bits per heavy atom. The fraction of sp³-hybridized carbons (Fsp3) is 0.412. The Morgan fingerprint density at radius 2 is 2.00 bits per heavy atom. The smallest absolute Gasteiger partial charge is 0.337 e. The predicted octanol–water partition coefficient (Wildman–Crippen LogP) is 2.95. The van der Waals surface area contributed by atoms with Crippen LogP contribution in [-0.4, -0.2) is 41.5 Å². The van der Waals surface area contributed by atoms with E-state index in [4.69, 9.17) is 0 Å². The molecule has 9 heteroatoms. The number of rotatable bonds is 10. The molecule has 26 heavy (non-hydrogen) atoms. The predicted molar refractivity (Wildman–Crippen MR) is 104 cm³/mol. The molecular formula is C17H22N4O3S2. The first kappa shape index (κ1) is 20.2. The number of thioether (sulfide) groups is 1. The molecule has 0 aliphatic heterocycles. The van der Waals surface area contributed by atoms with E-state index >= 15 is 0 Å². The lowest BCUT2D eigenvalue weighted by Gasteiger charge is -2.05. The minimum Gasteiger partial charge on any atom is -0.465 e. The van der Waals surface area contributed by atoms with Gasteiger partial charge in [0, 0.05) is 13.1 Å². The Labute approximate surface area is 160 Å². The van der Waals surface area contributed by atoms with Crippen molar-refractivity contribution < 1.29 is 14.3 Å². The summed E-state index contributed by atoms with van der Waals surface area (Å²) in [7, 11) is 1.34. The van der Waals surface area contributed by atoms with Crippen molar-refractivity contribution >= 4 is 40.1 Å². The molecule has 1 aromatic carbocycles. The minimum atomic E-state index is -0.377. The maximum absolute atomic E-state index is 12.0. The van der Waals surface area contributed by atoms with Crippen LogP contribution in [0.25, 0.3) is 0 Å². The van der Waals surface area contributed by atoms with Gasteiger partial charge in [0.1, 0.15) is 0 Å². The first-order valence-electron chi connectivity index (χ1n) is 8.26. The Hall–Kier alpha value is -2.13. The van der Waals surface area contributed by atoms with Gasteiger partial charge in [0.15, 0.2) is 4.34 Å². The van der Waals surface area contributed by atoms with E-state index in [0.29, 0.717) is 12.1 Å². The second-order valence-corrected chi connectivity index (χ2v) is 7.61. The monoisotopic (exact) mass is 394 g/mol. The van der Waals surface area contributed by atoms with Gasteiger partial charge < -0.3 is 15.4 Å². The Bertz CT molecular complexity index is 719. The number of esters is 1. The quantitative estimate of drug-likeness (QED) is 0.363. The number of nitrogens with zero attached hydrogens (tertiary/aromatic N) is 2. The number of aromatic nitrogens is 2. The maximum Gasteiger partial charge on any atom is 0.337 e. The molecule has 1 aromatic heterocycles. The second kappa shape index (κ2) is 10.8. The highest BCUT2D eigenvalue weighted by Gasteiger charge is 2.09. The topological polar surface area (TPSA) is 93.2 Å². The van der Waals surface area contributed by atoms with Crippen LogP contribution in [0.15, 0.2) is 28.6 Å². The third-order valence-electron chi connectivity index (χ3n) is 3.40. The highest BCUT2D eigenvalue weighted by Crippen LogP contribution is 2.25.